The Kier molecular flexibility index (Phi) is 4.49. The molecule has 0 saturated carbocycles. The first kappa shape index (κ1) is 15.1. The summed E-state index contributed by atoms with van der Waals surface area (Å²) in [4.78, 5) is 23.3. The van der Waals surface area contributed by atoms with Crippen molar-refractivity contribution in [2.45, 2.75) is 16.7 Å². The monoisotopic (exact) mass is 312 g/mol. The fraction of sp³-hybridized carbons (Fsp3) is 0.385. The highest BCUT2D eigenvalue weighted by molar-refractivity contribution is 8.01. The maximum atomic E-state index is 12.3. The SMILES string of the molecule is CS[C@@H]1NC(=O)[C@](Cc2ccc(O)cc2)(SC)NC1=O. The molecule has 1 fully saturated rings. The van der Waals surface area contributed by atoms with Gasteiger partial charge < -0.3 is 15.7 Å². The molecule has 0 bridgehead atoms. The second-order valence-corrected chi connectivity index (χ2v) is 6.50. The van der Waals surface area contributed by atoms with Gasteiger partial charge in [-0.15, -0.1) is 23.5 Å². The van der Waals surface area contributed by atoms with Crippen LogP contribution in [0.15, 0.2) is 24.3 Å². The Morgan fingerprint density at radius 2 is 1.90 bits per heavy atom. The van der Waals surface area contributed by atoms with Crippen LogP contribution in [0.3, 0.4) is 0 Å². The molecule has 2 atom stereocenters. The molecule has 1 saturated heterocycles. The molecule has 3 N–H and O–H groups in total. The van der Waals surface area contributed by atoms with Crippen LogP contribution in [0.4, 0.5) is 0 Å². The quantitative estimate of drug-likeness (QED) is 0.771. The number of thioether (sulfide) groups is 2. The van der Waals surface area contributed by atoms with Crippen molar-refractivity contribution in [3.05, 3.63) is 29.8 Å². The summed E-state index contributed by atoms with van der Waals surface area (Å²) in [6.07, 6.45) is 3.93. The highest BCUT2D eigenvalue weighted by Crippen LogP contribution is 2.29. The van der Waals surface area contributed by atoms with Gasteiger partial charge in [0.05, 0.1) is 0 Å². The molecular weight excluding hydrogens is 296 g/mol. The number of phenolic OH excluding ortho intramolecular Hbond substituents is 1. The van der Waals surface area contributed by atoms with E-state index in [-0.39, 0.29) is 17.6 Å². The molecule has 1 aliphatic heterocycles. The molecule has 2 rings (SSSR count). The van der Waals surface area contributed by atoms with E-state index >= 15 is 0 Å². The minimum absolute atomic E-state index is 0.173. The third-order valence-electron chi connectivity index (χ3n) is 3.17. The van der Waals surface area contributed by atoms with Gasteiger partial charge in [-0.2, -0.15) is 0 Å². The summed E-state index contributed by atoms with van der Waals surface area (Å²) in [6, 6.07) is 6.62. The van der Waals surface area contributed by atoms with Gasteiger partial charge in [-0.25, -0.2) is 0 Å². The average Bonchev–Trinajstić information content (AvgIpc) is 2.45. The van der Waals surface area contributed by atoms with Crippen LogP contribution < -0.4 is 10.6 Å². The standard InChI is InChI=1S/C13H16N2O3S2/c1-19-11-10(17)15-13(20-2,12(18)14-11)7-8-3-5-9(16)6-4-8/h3-6,11,16H,7H2,1-2H3,(H,14,18)(H,15,17)/t11-,13-/m0/s1. The number of carbonyl (C=O) groups excluding carboxylic acids is 2. The van der Waals surface area contributed by atoms with Crippen LogP contribution >= 0.6 is 23.5 Å². The van der Waals surface area contributed by atoms with Gasteiger partial charge in [0.2, 0.25) is 0 Å². The predicted octanol–water partition coefficient (Wildman–Crippen LogP) is 0.929. The molecule has 5 nitrogen and oxygen atoms in total. The molecule has 108 valence electrons. The first-order chi connectivity index (χ1) is 9.50. The van der Waals surface area contributed by atoms with Crippen molar-refractivity contribution >= 4 is 35.3 Å². The first-order valence-electron chi connectivity index (χ1n) is 5.99. The molecule has 0 spiro atoms. The maximum Gasteiger partial charge on any atom is 0.257 e. The Balaban J connectivity index is 2.23. The van der Waals surface area contributed by atoms with E-state index < -0.39 is 10.2 Å². The summed E-state index contributed by atoms with van der Waals surface area (Å²) < 4.78 is 0. The maximum absolute atomic E-state index is 12.3. The Bertz CT molecular complexity index is 521. The average molecular weight is 312 g/mol. The van der Waals surface area contributed by atoms with Gasteiger partial charge >= 0.3 is 0 Å². The molecule has 1 heterocycles. The van der Waals surface area contributed by atoms with E-state index in [0.29, 0.717) is 6.42 Å². The van der Waals surface area contributed by atoms with Crippen LogP contribution in [0.5, 0.6) is 5.75 Å². The highest BCUT2D eigenvalue weighted by Gasteiger charge is 2.46. The number of nitrogens with one attached hydrogen (secondary N) is 2. The van der Waals surface area contributed by atoms with E-state index in [2.05, 4.69) is 10.6 Å². The van der Waals surface area contributed by atoms with E-state index in [0.717, 1.165) is 5.56 Å². The number of hydrogen-bond acceptors (Lipinski definition) is 5. The first-order valence-corrected chi connectivity index (χ1v) is 8.51. The van der Waals surface area contributed by atoms with Gasteiger partial charge in [0.25, 0.3) is 11.8 Å². The Hall–Kier alpha value is -1.34. The van der Waals surface area contributed by atoms with Gasteiger partial charge in [0.15, 0.2) is 10.2 Å². The third-order valence-corrected chi connectivity index (χ3v) is 5.10. The van der Waals surface area contributed by atoms with E-state index in [1.165, 1.54) is 23.5 Å². The number of rotatable bonds is 4. The van der Waals surface area contributed by atoms with Gasteiger partial charge in [-0.1, -0.05) is 12.1 Å². The molecular formula is C13H16N2O3S2. The van der Waals surface area contributed by atoms with Crippen LogP contribution in [0.1, 0.15) is 5.56 Å². The van der Waals surface area contributed by atoms with Crippen molar-refractivity contribution < 1.29 is 14.7 Å². The molecule has 0 unspecified atom stereocenters. The molecule has 20 heavy (non-hydrogen) atoms. The summed E-state index contributed by atoms with van der Waals surface area (Å²) in [5, 5.41) is 14.3. The summed E-state index contributed by atoms with van der Waals surface area (Å²) in [5.74, 6) is -0.214. The second-order valence-electron chi connectivity index (χ2n) is 4.45. The predicted molar refractivity (Wildman–Crippen MR) is 81.6 cm³/mol. The van der Waals surface area contributed by atoms with Gasteiger partial charge in [0.1, 0.15) is 5.75 Å². The van der Waals surface area contributed by atoms with E-state index in [9.17, 15) is 14.7 Å². The number of aromatic hydroxyl groups is 1. The van der Waals surface area contributed by atoms with E-state index in [1.54, 1.807) is 36.8 Å². The lowest BCUT2D eigenvalue weighted by molar-refractivity contribution is -0.135. The molecule has 0 aliphatic carbocycles. The number of piperazine rings is 1. The molecule has 0 radical (unpaired) electrons. The summed E-state index contributed by atoms with van der Waals surface area (Å²) in [5.41, 5.74) is 0.871. The largest absolute Gasteiger partial charge is 0.508 e. The number of carbonyl (C=O) groups is 2. The minimum atomic E-state index is -1.000. The minimum Gasteiger partial charge on any atom is -0.508 e. The van der Waals surface area contributed by atoms with Crippen LogP contribution in [0.2, 0.25) is 0 Å². The van der Waals surface area contributed by atoms with E-state index in [1.807, 2.05) is 0 Å². The lowest BCUT2D eigenvalue weighted by Gasteiger charge is -2.38. The van der Waals surface area contributed by atoms with Crippen molar-refractivity contribution in [3.63, 3.8) is 0 Å². The molecule has 1 aromatic carbocycles. The van der Waals surface area contributed by atoms with Gasteiger partial charge in [-0.3, -0.25) is 9.59 Å². The molecule has 2 amide bonds. The van der Waals surface area contributed by atoms with Crippen LogP contribution in [0, 0.1) is 0 Å². The lowest BCUT2D eigenvalue weighted by atomic mass is 10.0. The van der Waals surface area contributed by atoms with Crippen molar-refractivity contribution in [2.24, 2.45) is 0 Å². The molecule has 0 aromatic heterocycles. The smallest absolute Gasteiger partial charge is 0.257 e. The summed E-state index contributed by atoms with van der Waals surface area (Å²) >= 11 is 2.59. The van der Waals surface area contributed by atoms with Crippen LogP contribution in [-0.2, 0) is 16.0 Å². The molecule has 1 aliphatic rings. The normalized spacial score (nSPS) is 26.0. The Labute approximate surface area is 125 Å². The summed E-state index contributed by atoms with van der Waals surface area (Å²) in [6.45, 7) is 0. The zero-order valence-corrected chi connectivity index (χ0v) is 12.8. The number of amides is 2. The molecule has 7 heteroatoms. The third kappa shape index (κ3) is 2.88. The van der Waals surface area contributed by atoms with Crippen LogP contribution in [0.25, 0.3) is 0 Å². The fourth-order valence-corrected chi connectivity index (χ4v) is 3.29. The lowest BCUT2D eigenvalue weighted by Crippen LogP contribution is -2.67. The van der Waals surface area contributed by atoms with Gasteiger partial charge in [0, 0.05) is 6.42 Å². The molecule has 1 aromatic rings. The Morgan fingerprint density at radius 3 is 2.45 bits per heavy atom. The fourth-order valence-electron chi connectivity index (χ4n) is 2.03. The Morgan fingerprint density at radius 1 is 1.25 bits per heavy atom. The van der Waals surface area contributed by atoms with Crippen molar-refractivity contribution in [1.82, 2.24) is 10.6 Å². The number of phenols is 1. The van der Waals surface area contributed by atoms with Crippen molar-refractivity contribution in [1.29, 1.82) is 0 Å². The zero-order valence-electron chi connectivity index (χ0n) is 11.2. The van der Waals surface area contributed by atoms with Crippen molar-refractivity contribution in [3.8, 4) is 5.75 Å². The van der Waals surface area contributed by atoms with E-state index in [4.69, 9.17) is 0 Å². The van der Waals surface area contributed by atoms with Gasteiger partial charge in [-0.05, 0) is 30.2 Å². The number of hydrogen-bond donors (Lipinski definition) is 3. The topological polar surface area (TPSA) is 78.4 Å². The van der Waals surface area contributed by atoms with Crippen LogP contribution in [-0.4, -0.2) is 39.7 Å². The second kappa shape index (κ2) is 5.97. The highest BCUT2D eigenvalue weighted by atomic mass is 32.2. The zero-order chi connectivity index (χ0) is 14.8. The number of benzene rings is 1. The van der Waals surface area contributed by atoms with Crippen molar-refractivity contribution in [2.75, 3.05) is 12.5 Å². The summed E-state index contributed by atoms with van der Waals surface area (Å²) in [7, 11) is 0.